The number of nitrogens with one attached hydrogen (secondary N) is 1. The van der Waals surface area contributed by atoms with E-state index < -0.39 is 10.0 Å². The predicted molar refractivity (Wildman–Crippen MR) is 121 cm³/mol. The molecule has 0 unspecified atom stereocenters. The summed E-state index contributed by atoms with van der Waals surface area (Å²) in [5.41, 5.74) is 1.77. The van der Waals surface area contributed by atoms with Gasteiger partial charge >= 0.3 is 0 Å². The minimum absolute atomic E-state index is 0. The van der Waals surface area contributed by atoms with Crippen LogP contribution in [-0.2, 0) is 23.1 Å². The molecule has 2 aromatic rings. The van der Waals surface area contributed by atoms with Crippen molar-refractivity contribution in [2.75, 3.05) is 14.1 Å². The summed E-state index contributed by atoms with van der Waals surface area (Å²) in [6, 6.07) is 11.9. The van der Waals surface area contributed by atoms with Crippen LogP contribution in [0.4, 0.5) is 0 Å². The number of guanidine groups is 1. The summed E-state index contributed by atoms with van der Waals surface area (Å²) in [7, 11) is -0.163. The van der Waals surface area contributed by atoms with Gasteiger partial charge in [0.1, 0.15) is 0 Å². The summed E-state index contributed by atoms with van der Waals surface area (Å²) < 4.78 is 22.9. The largest absolute Gasteiger partial charge is 0.352 e. The molecule has 3 N–H and O–H groups in total. The molecule has 0 bridgehead atoms. The van der Waals surface area contributed by atoms with E-state index in [1.54, 1.807) is 19.2 Å². The third kappa shape index (κ3) is 7.11. The lowest BCUT2D eigenvalue weighted by atomic mass is 10.2. The second kappa shape index (κ2) is 10.5. The molecule has 0 fully saturated rings. The van der Waals surface area contributed by atoms with Gasteiger partial charge in [0.15, 0.2) is 5.96 Å². The molecule has 0 aliphatic heterocycles. The molecular weight excluding hydrogens is 522 g/mol. The number of sulfonamides is 1. The van der Waals surface area contributed by atoms with E-state index in [2.05, 4.69) is 10.3 Å². The SMILES string of the molecule is CN=C(NCc1cccc(S(N)(=O)=O)c1)N(C)Cc1ccc(Cl)c(Cl)c1.I. The molecule has 0 saturated carbocycles. The van der Waals surface area contributed by atoms with Crippen LogP contribution < -0.4 is 10.5 Å². The molecule has 0 amide bonds. The number of nitrogens with two attached hydrogens (primary N) is 1. The number of aliphatic imine (C=N–C) groups is 1. The van der Waals surface area contributed by atoms with Crippen LogP contribution in [0.2, 0.25) is 10.0 Å². The number of nitrogens with zero attached hydrogens (tertiary/aromatic N) is 2. The molecule has 10 heteroatoms. The van der Waals surface area contributed by atoms with Crippen molar-refractivity contribution >= 4 is 63.2 Å². The number of rotatable bonds is 5. The fourth-order valence-corrected chi connectivity index (χ4v) is 3.29. The van der Waals surface area contributed by atoms with Crippen LogP contribution in [0.1, 0.15) is 11.1 Å². The van der Waals surface area contributed by atoms with Crippen molar-refractivity contribution in [3.63, 3.8) is 0 Å². The van der Waals surface area contributed by atoms with Crippen LogP contribution in [0, 0.1) is 0 Å². The Morgan fingerprint density at radius 1 is 1.15 bits per heavy atom. The summed E-state index contributed by atoms with van der Waals surface area (Å²) in [6.07, 6.45) is 0. The van der Waals surface area contributed by atoms with Gasteiger partial charge in [0.25, 0.3) is 0 Å². The Bertz CT molecular complexity index is 923. The van der Waals surface area contributed by atoms with Crippen LogP contribution in [-0.4, -0.2) is 33.4 Å². The molecule has 0 aliphatic carbocycles. The smallest absolute Gasteiger partial charge is 0.238 e. The fraction of sp³-hybridized carbons (Fsp3) is 0.235. The second-order valence-electron chi connectivity index (χ2n) is 5.70. The molecule has 148 valence electrons. The molecule has 2 aromatic carbocycles. The van der Waals surface area contributed by atoms with Gasteiger partial charge in [-0.15, -0.1) is 24.0 Å². The summed E-state index contributed by atoms with van der Waals surface area (Å²) in [5.74, 6) is 0.650. The lowest BCUT2D eigenvalue weighted by molar-refractivity contribution is 0.476. The van der Waals surface area contributed by atoms with Crippen molar-refractivity contribution in [3.8, 4) is 0 Å². The average molecular weight is 543 g/mol. The van der Waals surface area contributed by atoms with Gasteiger partial charge in [-0.05, 0) is 35.4 Å². The number of primary sulfonamides is 1. The quantitative estimate of drug-likeness (QED) is 0.344. The third-order valence-corrected chi connectivity index (χ3v) is 5.30. The minimum Gasteiger partial charge on any atom is -0.352 e. The van der Waals surface area contributed by atoms with Crippen LogP contribution in [0.25, 0.3) is 0 Å². The van der Waals surface area contributed by atoms with Gasteiger partial charge in [-0.25, -0.2) is 13.6 Å². The van der Waals surface area contributed by atoms with E-state index in [0.29, 0.717) is 29.1 Å². The lowest BCUT2D eigenvalue weighted by Gasteiger charge is -2.22. The van der Waals surface area contributed by atoms with Crippen molar-refractivity contribution in [1.29, 1.82) is 0 Å². The Labute approximate surface area is 186 Å². The van der Waals surface area contributed by atoms with Crippen molar-refractivity contribution < 1.29 is 8.42 Å². The molecule has 0 aromatic heterocycles. The highest BCUT2D eigenvalue weighted by Gasteiger charge is 2.10. The highest BCUT2D eigenvalue weighted by molar-refractivity contribution is 14.0. The molecule has 0 aliphatic rings. The van der Waals surface area contributed by atoms with Crippen molar-refractivity contribution in [2.24, 2.45) is 10.1 Å². The van der Waals surface area contributed by atoms with E-state index in [1.807, 2.05) is 30.1 Å². The Hall–Kier alpha value is -1.07. The predicted octanol–water partition coefficient (Wildman–Crippen LogP) is 3.47. The molecule has 0 atom stereocenters. The average Bonchev–Trinajstić information content (AvgIpc) is 2.58. The van der Waals surface area contributed by atoms with Gasteiger partial charge in [0.05, 0.1) is 14.9 Å². The van der Waals surface area contributed by atoms with Crippen molar-refractivity contribution in [3.05, 3.63) is 63.6 Å². The van der Waals surface area contributed by atoms with E-state index in [0.717, 1.165) is 11.1 Å². The molecule has 0 saturated heterocycles. The maximum atomic E-state index is 11.4. The molecule has 2 rings (SSSR count). The lowest BCUT2D eigenvalue weighted by Crippen LogP contribution is -2.38. The van der Waals surface area contributed by atoms with Crippen LogP contribution >= 0.6 is 47.2 Å². The monoisotopic (exact) mass is 542 g/mol. The van der Waals surface area contributed by atoms with Gasteiger partial charge < -0.3 is 10.2 Å². The maximum Gasteiger partial charge on any atom is 0.238 e. The summed E-state index contributed by atoms with van der Waals surface area (Å²) in [5, 5.41) is 9.37. The van der Waals surface area contributed by atoms with E-state index in [4.69, 9.17) is 28.3 Å². The van der Waals surface area contributed by atoms with Gasteiger partial charge in [-0.2, -0.15) is 0 Å². The standard InChI is InChI=1S/C17H20Cl2N4O2S.HI/c1-21-17(23(2)11-13-6-7-15(18)16(19)9-13)22-10-12-4-3-5-14(8-12)26(20,24)25;/h3-9H,10-11H2,1-2H3,(H,21,22)(H2,20,24,25);1H. The molecule has 0 radical (unpaired) electrons. The van der Waals surface area contributed by atoms with Crippen molar-refractivity contribution in [2.45, 2.75) is 18.0 Å². The molecular formula is C17H21Cl2IN4O2S. The Morgan fingerprint density at radius 2 is 1.85 bits per heavy atom. The first-order valence-electron chi connectivity index (χ1n) is 7.68. The first-order chi connectivity index (χ1) is 12.2. The number of benzene rings is 2. The zero-order chi connectivity index (χ0) is 19.3. The van der Waals surface area contributed by atoms with Gasteiger partial charge in [-0.1, -0.05) is 41.4 Å². The first-order valence-corrected chi connectivity index (χ1v) is 9.98. The molecule has 0 spiro atoms. The Morgan fingerprint density at radius 3 is 2.44 bits per heavy atom. The number of halogens is 3. The van der Waals surface area contributed by atoms with Crippen LogP contribution in [0.5, 0.6) is 0 Å². The maximum absolute atomic E-state index is 11.4. The summed E-state index contributed by atoms with van der Waals surface area (Å²) in [4.78, 5) is 6.24. The topological polar surface area (TPSA) is 87.8 Å². The van der Waals surface area contributed by atoms with Gasteiger partial charge in [0.2, 0.25) is 10.0 Å². The fourth-order valence-electron chi connectivity index (χ4n) is 2.39. The highest BCUT2D eigenvalue weighted by atomic mass is 127. The third-order valence-electron chi connectivity index (χ3n) is 3.65. The van der Waals surface area contributed by atoms with E-state index in [9.17, 15) is 8.42 Å². The van der Waals surface area contributed by atoms with Crippen LogP contribution in [0.3, 0.4) is 0 Å². The van der Waals surface area contributed by atoms with E-state index in [-0.39, 0.29) is 28.9 Å². The van der Waals surface area contributed by atoms with E-state index >= 15 is 0 Å². The van der Waals surface area contributed by atoms with Gasteiger partial charge in [-0.3, -0.25) is 4.99 Å². The second-order valence-corrected chi connectivity index (χ2v) is 8.07. The van der Waals surface area contributed by atoms with Crippen LogP contribution in [0.15, 0.2) is 52.4 Å². The number of hydrogen-bond donors (Lipinski definition) is 2. The first kappa shape index (κ1) is 24.0. The Kier molecular flexibility index (Phi) is 9.29. The van der Waals surface area contributed by atoms with Crippen molar-refractivity contribution in [1.82, 2.24) is 10.2 Å². The summed E-state index contributed by atoms with van der Waals surface area (Å²) in [6.45, 7) is 0.982. The van der Waals surface area contributed by atoms with Gasteiger partial charge in [0, 0.05) is 27.2 Å². The zero-order valence-corrected chi connectivity index (χ0v) is 19.5. The molecule has 0 heterocycles. The zero-order valence-electron chi connectivity index (χ0n) is 14.8. The highest BCUT2D eigenvalue weighted by Crippen LogP contribution is 2.23. The molecule has 6 nitrogen and oxygen atoms in total. The Balaban J connectivity index is 0.00000364. The summed E-state index contributed by atoms with van der Waals surface area (Å²) >= 11 is 12.0. The molecule has 27 heavy (non-hydrogen) atoms. The number of hydrogen-bond acceptors (Lipinski definition) is 3. The minimum atomic E-state index is -3.73. The normalized spacial score (nSPS) is 11.7. The van der Waals surface area contributed by atoms with E-state index in [1.165, 1.54) is 12.1 Å².